The van der Waals surface area contributed by atoms with Gasteiger partial charge in [0.15, 0.2) is 5.84 Å². The van der Waals surface area contributed by atoms with Crippen LogP contribution in [0, 0.1) is 0 Å². The summed E-state index contributed by atoms with van der Waals surface area (Å²) in [5, 5.41) is 22.5. The fourth-order valence-electron chi connectivity index (χ4n) is 4.56. The predicted molar refractivity (Wildman–Crippen MR) is 130 cm³/mol. The van der Waals surface area contributed by atoms with Crippen LogP contribution in [0.2, 0.25) is 5.02 Å². The third kappa shape index (κ3) is 4.34. The second-order valence-corrected chi connectivity index (χ2v) is 8.60. The molecule has 4 aromatic rings. The van der Waals surface area contributed by atoms with Gasteiger partial charge in [0.1, 0.15) is 5.69 Å². The van der Waals surface area contributed by atoms with Gasteiger partial charge in [0, 0.05) is 41.6 Å². The predicted octanol–water partition coefficient (Wildman–Crippen LogP) is 5.96. The number of nitrogens with zero attached hydrogens (tertiary/aromatic N) is 4. The highest BCUT2D eigenvalue weighted by atomic mass is 35.5. The fourth-order valence-corrected chi connectivity index (χ4v) is 4.68. The molecule has 1 fully saturated rings. The quantitative estimate of drug-likeness (QED) is 0.286. The van der Waals surface area contributed by atoms with Gasteiger partial charge in [0.2, 0.25) is 0 Å². The van der Waals surface area contributed by atoms with Gasteiger partial charge in [-0.3, -0.25) is 10.1 Å². The van der Waals surface area contributed by atoms with Gasteiger partial charge in [-0.1, -0.05) is 59.2 Å². The molecule has 1 aliphatic rings. The minimum Gasteiger partial charge on any atom is -0.409 e. The summed E-state index contributed by atoms with van der Waals surface area (Å²) in [4.78, 5) is 6.34. The van der Waals surface area contributed by atoms with Crippen molar-refractivity contribution < 1.29 is 5.21 Å². The van der Waals surface area contributed by atoms with E-state index >= 15 is 0 Å². The monoisotopic (exact) mass is 457 g/mol. The molecule has 166 valence electrons. The minimum absolute atomic E-state index is 0.107. The van der Waals surface area contributed by atoms with Gasteiger partial charge in [-0.05, 0) is 48.2 Å². The minimum atomic E-state index is -0.107. The Hall–Kier alpha value is -3.64. The number of halogens is 1. The number of nitrogens with one attached hydrogen (secondary N) is 1. The summed E-state index contributed by atoms with van der Waals surface area (Å²) in [6.07, 6.45) is 5.41. The molecule has 1 atom stereocenters. The summed E-state index contributed by atoms with van der Waals surface area (Å²) in [7, 11) is 0. The topological polar surface area (TPSA) is 77.4 Å². The Bertz CT molecular complexity index is 1240. The molecule has 1 saturated heterocycles. The summed E-state index contributed by atoms with van der Waals surface area (Å²) in [5.74, 6) is 0.552. The molecule has 2 aromatic carbocycles. The molecule has 0 saturated carbocycles. The molecule has 1 unspecified atom stereocenters. The first-order valence-corrected chi connectivity index (χ1v) is 11.4. The number of benzene rings is 2. The van der Waals surface area contributed by atoms with Crippen LogP contribution in [-0.4, -0.2) is 37.7 Å². The van der Waals surface area contributed by atoms with Gasteiger partial charge >= 0.3 is 0 Å². The lowest BCUT2D eigenvalue weighted by Gasteiger charge is -2.35. The van der Waals surface area contributed by atoms with Crippen LogP contribution >= 0.6 is 11.6 Å². The van der Waals surface area contributed by atoms with Gasteiger partial charge < -0.3 is 10.1 Å². The molecule has 0 radical (unpaired) electrons. The first kappa shape index (κ1) is 21.2. The summed E-state index contributed by atoms with van der Waals surface area (Å²) in [6.45, 7) is 1.53. The van der Waals surface area contributed by atoms with E-state index in [1.54, 1.807) is 12.4 Å². The lowest BCUT2D eigenvalue weighted by molar-refractivity contribution is 0.275. The zero-order chi connectivity index (χ0) is 22.6. The largest absolute Gasteiger partial charge is 0.409 e. The Morgan fingerprint density at radius 1 is 1.00 bits per heavy atom. The average Bonchev–Trinajstić information content (AvgIpc) is 3.30. The van der Waals surface area contributed by atoms with Gasteiger partial charge in [-0.25, -0.2) is 0 Å². The first-order valence-electron chi connectivity index (χ1n) is 11.0. The van der Waals surface area contributed by atoms with Gasteiger partial charge in [0.25, 0.3) is 0 Å². The zero-order valence-electron chi connectivity index (χ0n) is 18.0. The van der Waals surface area contributed by atoms with Crippen molar-refractivity contribution in [3.8, 4) is 22.4 Å². The molecule has 33 heavy (non-hydrogen) atoms. The SMILES string of the molecule is ON=C1C(c2[nH]nc(-c3ccc(Cl)cc3)c2-c2ccncc2)CCCN1Cc1ccccc1. The van der Waals surface area contributed by atoms with E-state index in [-0.39, 0.29) is 5.92 Å². The van der Waals surface area contributed by atoms with Gasteiger partial charge in [0.05, 0.1) is 11.6 Å². The lowest BCUT2D eigenvalue weighted by atomic mass is 9.87. The standard InChI is InChI=1S/C26H24ClN5O/c27-21-10-8-20(9-11-21)24-23(19-12-14-28-15-13-19)25(30-29-24)22-7-4-16-32(26(22)31-33)17-18-5-2-1-3-6-18/h1-3,5-6,8-15,22,33H,4,7,16-17H2,(H,29,30). The summed E-state index contributed by atoms with van der Waals surface area (Å²) < 4.78 is 0. The van der Waals surface area contributed by atoms with E-state index in [1.807, 2.05) is 54.6 Å². The molecule has 0 spiro atoms. The van der Waals surface area contributed by atoms with Crippen LogP contribution in [0.15, 0.2) is 84.3 Å². The Morgan fingerprint density at radius 3 is 2.48 bits per heavy atom. The maximum atomic E-state index is 10.1. The molecule has 5 rings (SSSR count). The normalized spacial score (nSPS) is 17.4. The van der Waals surface area contributed by atoms with Crippen LogP contribution < -0.4 is 0 Å². The lowest BCUT2D eigenvalue weighted by Crippen LogP contribution is -2.40. The van der Waals surface area contributed by atoms with E-state index in [4.69, 9.17) is 16.7 Å². The maximum Gasteiger partial charge on any atom is 0.153 e. The Labute approximate surface area is 197 Å². The van der Waals surface area contributed by atoms with Crippen molar-refractivity contribution in [2.45, 2.75) is 25.3 Å². The molecule has 1 aliphatic heterocycles. The van der Waals surface area contributed by atoms with E-state index in [0.717, 1.165) is 47.5 Å². The van der Waals surface area contributed by atoms with Crippen LogP contribution in [0.25, 0.3) is 22.4 Å². The van der Waals surface area contributed by atoms with Crippen molar-refractivity contribution in [3.05, 3.63) is 95.4 Å². The smallest absolute Gasteiger partial charge is 0.153 e. The van der Waals surface area contributed by atoms with Crippen molar-refractivity contribution >= 4 is 17.4 Å². The van der Waals surface area contributed by atoms with Crippen LogP contribution in [0.1, 0.15) is 30.0 Å². The number of aromatic nitrogens is 3. The number of hydrogen-bond donors (Lipinski definition) is 2. The van der Waals surface area contributed by atoms with Crippen LogP contribution in [-0.2, 0) is 6.54 Å². The molecule has 7 heteroatoms. The zero-order valence-corrected chi connectivity index (χ0v) is 18.8. The average molecular weight is 458 g/mol. The molecule has 0 amide bonds. The molecule has 2 N–H and O–H groups in total. The number of aromatic amines is 1. The van der Waals surface area contributed by atoms with Crippen molar-refractivity contribution in [1.82, 2.24) is 20.1 Å². The maximum absolute atomic E-state index is 10.1. The van der Waals surface area contributed by atoms with Crippen molar-refractivity contribution in [2.75, 3.05) is 6.54 Å². The fraction of sp³-hybridized carbons (Fsp3) is 0.192. The van der Waals surface area contributed by atoms with E-state index in [0.29, 0.717) is 17.4 Å². The molecule has 6 nitrogen and oxygen atoms in total. The van der Waals surface area contributed by atoms with Crippen molar-refractivity contribution in [3.63, 3.8) is 0 Å². The molecule has 3 heterocycles. The number of hydrogen-bond acceptors (Lipinski definition) is 4. The Kier molecular flexibility index (Phi) is 6.09. The Balaban J connectivity index is 1.57. The third-order valence-corrected chi connectivity index (χ3v) is 6.36. The second-order valence-electron chi connectivity index (χ2n) is 8.16. The summed E-state index contributed by atoms with van der Waals surface area (Å²) >= 11 is 6.12. The first-order chi connectivity index (χ1) is 16.2. The highest BCUT2D eigenvalue weighted by Crippen LogP contribution is 2.40. The van der Waals surface area contributed by atoms with Gasteiger partial charge in [-0.15, -0.1) is 0 Å². The van der Waals surface area contributed by atoms with Crippen LogP contribution in [0.4, 0.5) is 0 Å². The van der Waals surface area contributed by atoms with E-state index in [1.165, 1.54) is 5.56 Å². The Morgan fingerprint density at radius 2 is 1.76 bits per heavy atom. The summed E-state index contributed by atoms with van der Waals surface area (Å²) in [6, 6.07) is 21.9. The molecular weight excluding hydrogens is 434 g/mol. The van der Waals surface area contributed by atoms with E-state index in [2.05, 4.69) is 32.3 Å². The third-order valence-electron chi connectivity index (χ3n) is 6.10. The molecule has 0 bridgehead atoms. The highest BCUT2D eigenvalue weighted by Gasteiger charge is 2.33. The van der Waals surface area contributed by atoms with E-state index in [9.17, 15) is 5.21 Å². The number of pyridine rings is 1. The van der Waals surface area contributed by atoms with E-state index < -0.39 is 0 Å². The van der Waals surface area contributed by atoms with Crippen LogP contribution in [0.5, 0.6) is 0 Å². The number of amidine groups is 1. The summed E-state index contributed by atoms with van der Waals surface area (Å²) in [5.41, 5.74) is 5.93. The molecule has 0 aliphatic carbocycles. The van der Waals surface area contributed by atoms with Crippen LogP contribution in [0.3, 0.4) is 0 Å². The molecular formula is C26H24ClN5O. The van der Waals surface area contributed by atoms with Crippen molar-refractivity contribution in [2.24, 2.45) is 5.16 Å². The number of H-pyrrole nitrogens is 1. The molecule has 2 aromatic heterocycles. The number of oxime groups is 1. The van der Waals surface area contributed by atoms with Gasteiger partial charge in [-0.2, -0.15) is 5.10 Å². The number of likely N-dealkylation sites (tertiary alicyclic amines) is 1. The second kappa shape index (κ2) is 9.46. The van der Waals surface area contributed by atoms with Crippen molar-refractivity contribution in [1.29, 1.82) is 0 Å². The highest BCUT2D eigenvalue weighted by molar-refractivity contribution is 6.30. The number of rotatable bonds is 5. The number of piperidine rings is 1.